The lowest BCUT2D eigenvalue weighted by Crippen LogP contribution is -2.02. The second kappa shape index (κ2) is 5.19. The van der Waals surface area contributed by atoms with Crippen molar-refractivity contribution >= 4 is 38.6 Å². The number of hydrogen-bond acceptors (Lipinski definition) is 1. The number of halogens is 3. The number of benzene rings is 2. The molecule has 0 saturated heterocycles. The van der Waals surface area contributed by atoms with Gasteiger partial charge in [-0.1, -0.05) is 22.0 Å². The van der Waals surface area contributed by atoms with Crippen molar-refractivity contribution < 1.29 is 4.39 Å². The molecule has 0 bridgehead atoms. The second-order valence-corrected chi connectivity index (χ2v) is 5.77. The fourth-order valence-electron chi connectivity index (χ4n) is 2.25. The Bertz CT molecular complexity index is 798. The highest BCUT2D eigenvalue weighted by Crippen LogP contribution is 2.27. The van der Waals surface area contributed by atoms with E-state index in [2.05, 4.69) is 20.9 Å². The molecule has 0 fully saturated rings. The summed E-state index contributed by atoms with van der Waals surface area (Å²) in [5.74, 6) is 0.546. The second-order valence-electron chi connectivity index (χ2n) is 4.58. The number of fused-ring (bicyclic) bond motifs is 1. The zero-order valence-electron chi connectivity index (χ0n) is 10.7. The Hall–Kier alpha value is -1.39. The Morgan fingerprint density at radius 1 is 1.25 bits per heavy atom. The Labute approximate surface area is 129 Å². The van der Waals surface area contributed by atoms with Gasteiger partial charge in [-0.05, 0) is 42.8 Å². The summed E-state index contributed by atoms with van der Waals surface area (Å²) in [5.41, 5.74) is 3.21. The topological polar surface area (TPSA) is 17.8 Å². The minimum atomic E-state index is -0.305. The summed E-state index contributed by atoms with van der Waals surface area (Å²) in [6.07, 6.45) is 0. The molecule has 0 saturated carbocycles. The maximum atomic E-state index is 14.2. The van der Waals surface area contributed by atoms with Gasteiger partial charge in [0.1, 0.15) is 11.6 Å². The van der Waals surface area contributed by atoms with E-state index >= 15 is 0 Å². The predicted molar refractivity (Wildman–Crippen MR) is 83.0 cm³/mol. The number of aryl methyl sites for hydroxylation is 1. The molecule has 1 heterocycles. The SMILES string of the molecule is Cc1ccc2nc(CCl)n(-c3cc(Br)ccc3F)c2c1. The summed E-state index contributed by atoms with van der Waals surface area (Å²) in [7, 11) is 0. The number of alkyl halides is 1. The Balaban J connectivity index is 2.39. The molecule has 5 heteroatoms. The molecule has 0 amide bonds. The molecule has 0 aliphatic rings. The molecule has 0 aliphatic heterocycles. The minimum absolute atomic E-state index is 0.222. The highest BCUT2D eigenvalue weighted by molar-refractivity contribution is 9.10. The van der Waals surface area contributed by atoms with Crippen LogP contribution in [0.1, 0.15) is 11.4 Å². The largest absolute Gasteiger partial charge is 0.292 e. The monoisotopic (exact) mass is 352 g/mol. The highest BCUT2D eigenvalue weighted by Gasteiger charge is 2.15. The van der Waals surface area contributed by atoms with Crippen molar-refractivity contribution in [2.75, 3.05) is 0 Å². The summed E-state index contributed by atoms with van der Waals surface area (Å²) in [6, 6.07) is 10.7. The van der Waals surface area contributed by atoms with Crippen molar-refractivity contribution in [2.24, 2.45) is 0 Å². The summed E-state index contributed by atoms with van der Waals surface area (Å²) >= 11 is 9.34. The van der Waals surface area contributed by atoms with Crippen LogP contribution in [0, 0.1) is 12.7 Å². The number of hydrogen-bond donors (Lipinski definition) is 0. The third-order valence-electron chi connectivity index (χ3n) is 3.15. The molecule has 3 aromatic rings. The van der Waals surface area contributed by atoms with Crippen LogP contribution >= 0.6 is 27.5 Å². The van der Waals surface area contributed by atoms with Crippen LogP contribution in [-0.4, -0.2) is 9.55 Å². The van der Waals surface area contributed by atoms with Crippen LogP contribution in [0.4, 0.5) is 4.39 Å². The molecule has 0 unspecified atom stereocenters. The normalized spacial score (nSPS) is 11.2. The number of rotatable bonds is 2. The first-order valence-electron chi connectivity index (χ1n) is 6.09. The van der Waals surface area contributed by atoms with Crippen LogP contribution < -0.4 is 0 Å². The van der Waals surface area contributed by atoms with E-state index in [-0.39, 0.29) is 11.7 Å². The Morgan fingerprint density at radius 2 is 2.05 bits per heavy atom. The first-order valence-corrected chi connectivity index (χ1v) is 7.42. The average molecular weight is 354 g/mol. The molecule has 0 aliphatic carbocycles. The van der Waals surface area contributed by atoms with E-state index in [0.29, 0.717) is 11.5 Å². The van der Waals surface area contributed by atoms with Gasteiger partial charge in [0.25, 0.3) is 0 Å². The van der Waals surface area contributed by atoms with Crippen LogP contribution in [0.3, 0.4) is 0 Å². The van der Waals surface area contributed by atoms with Crippen LogP contribution in [-0.2, 0) is 5.88 Å². The van der Waals surface area contributed by atoms with Gasteiger partial charge in [0.2, 0.25) is 0 Å². The zero-order chi connectivity index (χ0) is 14.3. The fraction of sp³-hybridized carbons (Fsp3) is 0.133. The van der Waals surface area contributed by atoms with Gasteiger partial charge in [0, 0.05) is 4.47 Å². The van der Waals surface area contributed by atoms with Gasteiger partial charge in [-0.2, -0.15) is 0 Å². The number of aromatic nitrogens is 2. The standard InChI is InChI=1S/C15H11BrClFN2/c1-9-2-5-12-14(6-9)20(15(8-17)19-12)13-7-10(16)3-4-11(13)18/h2-7H,8H2,1H3. The van der Waals surface area contributed by atoms with Crippen molar-refractivity contribution in [3.05, 3.63) is 58.1 Å². The van der Waals surface area contributed by atoms with E-state index in [4.69, 9.17) is 11.6 Å². The van der Waals surface area contributed by atoms with Crippen molar-refractivity contribution in [3.8, 4) is 5.69 Å². The van der Waals surface area contributed by atoms with E-state index in [0.717, 1.165) is 21.1 Å². The lowest BCUT2D eigenvalue weighted by atomic mass is 10.2. The zero-order valence-corrected chi connectivity index (χ0v) is 13.0. The first-order chi connectivity index (χ1) is 9.60. The van der Waals surface area contributed by atoms with Gasteiger partial charge < -0.3 is 0 Å². The van der Waals surface area contributed by atoms with Gasteiger partial charge in [0.15, 0.2) is 0 Å². The van der Waals surface area contributed by atoms with E-state index < -0.39 is 0 Å². The highest BCUT2D eigenvalue weighted by atomic mass is 79.9. The van der Waals surface area contributed by atoms with Crippen molar-refractivity contribution in [3.63, 3.8) is 0 Å². The summed E-state index contributed by atoms with van der Waals surface area (Å²) in [5, 5.41) is 0. The van der Waals surface area contributed by atoms with E-state index in [1.54, 1.807) is 16.7 Å². The summed E-state index contributed by atoms with van der Waals surface area (Å²) < 4.78 is 16.7. The van der Waals surface area contributed by atoms with Crippen molar-refractivity contribution in [1.29, 1.82) is 0 Å². The summed E-state index contributed by atoms with van der Waals surface area (Å²) in [4.78, 5) is 4.47. The van der Waals surface area contributed by atoms with Crippen LogP contribution in [0.5, 0.6) is 0 Å². The van der Waals surface area contributed by atoms with Gasteiger partial charge >= 0.3 is 0 Å². The predicted octanol–water partition coefficient (Wildman–Crippen LogP) is 4.97. The lowest BCUT2D eigenvalue weighted by molar-refractivity contribution is 0.617. The van der Waals surface area contributed by atoms with Crippen molar-refractivity contribution in [2.45, 2.75) is 12.8 Å². The molecular formula is C15H11BrClFN2. The number of imidazole rings is 1. The molecule has 0 spiro atoms. The van der Waals surface area contributed by atoms with Gasteiger partial charge in [0.05, 0.1) is 22.6 Å². The van der Waals surface area contributed by atoms with Crippen LogP contribution in [0.2, 0.25) is 0 Å². The molecule has 102 valence electrons. The van der Waals surface area contributed by atoms with E-state index in [1.807, 2.05) is 25.1 Å². The third-order valence-corrected chi connectivity index (χ3v) is 3.88. The molecule has 2 nitrogen and oxygen atoms in total. The molecule has 2 aromatic carbocycles. The fourth-order valence-corrected chi connectivity index (χ4v) is 2.78. The van der Waals surface area contributed by atoms with Gasteiger partial charge in [-0.3, -0.25) is 4.57 Å². The average Bonchev–Trinajstić information content (AvgIpc) is 2.79. The van der Waals surface area contributed by atoms with Gasteiger partial charge in [-0.15, -0.1) is 11.6 Å². The summed E-state index contributed by atoms with van der Waals surface area (Å²) in [6.45, 7) is 1.99. The van der Waals surface area contributed by atoms with Crippen molar-refractivity contribution in [1.82, 2.24) is 9.55 Å². The Kier molecular flexibility index (Phi) is 3.52. The quantitative estimate of drug-likeness (QED) is 0.594. The molecule has 20 heavy (non-hydrogen) atoms. The van der Waals surface area contributed by atoms with E-state index in [9.17, 15) is 4.39 Å². The lowest BCUT2D eigenvalue weighted by Gasteiger charge is -2.10. The molecule has 0 N–H and O–H groups in total. The maximum absolute atomic E-state index is 14.2. The molecular weight excluding hydrogens is 343 g/mol. The molecule has 0 atom stereocenters. The third kappa shape index (κ3) is 2.23. The first kappa shape index (κ1) is 13.6. The van der Waals surface area contributed by atoms with Crippen LogP contribution in [0.25, 0.3) is 16.7 Å². The van der Waals surface area contributed by atoms with Crippen LogP contribution in [0.15, 0.2) is 40.9 Å². The smallest absolute Gasteiger partial charge is 0.147 e. The van der Waals surface area contributed by atoms with Gasteiger partial charge in [-0.25, -0.2) is 9.37 Å². The Morgan fingerprint density at radius 3 is 2.80 bits per heavy atom. The molecule has 1 aromatic heterocycles. The molecule has 0 radical (unpaired) electrons. The minimum Gasteiger partial charge on any atom is -0.292 e. The van der Waals surface area contributed by atoms with E-state index in [1.165, 1.54) is 6.07 Å². The molecule has 3 rings (SSSR count). The number of nitrogens with zero attached hydrogens (tertiary/aromatic N) is 2. The maximum Gasteiger partial charge on any atom is 0.147 e.